The Bertz CT molecular complexity index is 807. The van der Waals surface area contributed by atoms with Crippen LogP contribution in [-0.4, -0.2) is 45.4 Å². The summed E-state index contributed by atoms with van der Waals surface area (Å²) in [5.41, 5.74) is 4.65. The standard InChI is InChI=1S/C23H28N2O4/c1-24-14-8-7-13-21(22(26)28-2)25-23(27)29-15-20-18-11-5-3-9-16(18)17-10-4-6-12-19(17)20/h3-6,9-12,20-21,24H,7-8,13-15H2,1-2H3,(H,25,27). The second-order valence-electron chi connectivity index (χ2n) is 7.14. The van der Waals surface area contributed by atoms with E-state index in [2.05, 4.69) is 34.9 Å². The van der Waals surface area contributed by atoms with Gasteiger partial charge in [0.25, 0.3) is 0 Å². The van der Waals surface area contributed by atoms with Gasteiger partial charge in [-0.15, -0.1) is 0 Å². The van der Waals surface area contributed by atoms with Crippen molar-refractivity contribution < 1.29 is 19.1 Å². The summed E-state index contributed by atoms with van der Waals surface area (Å²) < 4.78 is 10.3. The molecule has 0 aromatic heterocycles. The Hall–Kier alpha value is -2.86. The van der Waals surface area contributed by atoms with Crippen molar-refractivity contribution in [3.8, 4) is 11.1 Å². The Balaban J connectivity index is 1.61. The van der Waals surface area contributed by atoms with Gasteiger partial charge in [-0.05, 0) is 55.1 Å². The van der Waals surface area contributed by atoms with E-state index in [1.165, 1.54) is 18.2 Å². The largest absolute Gasteiger partial charge is 0.467 e. The molecule has 0 spiro atoms. The van der Waals surface area contributed by atoms with Gasteiger partial charge in [0.15, 0.2) is 0 Å². The number of carbonyl (C=O) groups excluding carboxylic acids is 2. The van der Waals surface area contributed by atoms with E-state index >= 15 is 0 Å². The van der Waals surface area contributed by atoms with E-state index in [4.69, 9.17) is 9.47 Å². The van der Waals surface area contributed by atoms with Gasteiger partial charge in [-0.1, -0.05) is 48.5 Å². The molecular formula is C23H28N2O4. The number of rotatable bonds is 9. The lowest BCUT2D eigenvalue weighted by Gasteiger charge is -2.18. The summed E-state index contributed by atoms with van der Waals surface area (Å²) in [4.78, 5) is 24.4. The molecule has 29 heavy (non-hydrogen) atoms. The van der Waals surface area contributed by atoms with Crippen LogP contribution in [0.25, 0.3) is 11.1 Å². The SMILES string of the molecule is CNCCCCC(NC(=O)OCC1c2ccccc2-c2ccccc21)C(=O)OC. The van der Waals surface area contributed by atoms with Crippen LogP contribution >= 0.6 is 0 Å². The lowest BCUT2D eigenvalue weighted by molar-refractivity contribution is -0.143. The van der Waals surface area contributed by atoms with Gasteiger partial charge in [0.1, 0.15) is 12.6 Å². The Labute approximate surface area is 171 Å². The van der Waals surface area contributed by atoms with Gasteiger partial charge < -0.3 is 20.1 Å². The number of hydrogen-bond acceptors (Lipinski definition) is 5. The molecule has 3 rings (SSSR count). The quantitative estimate of drug-likeness (QED) is 0.501. The monoisotopic (exact) mass is 396 g/mol. The molecule has 0 aliphatic heterocycles. The third-order valence-electron chi connectivity index (χ3n) is 5.29. The van der Waals surface area contributed by atoms with Crippen LogP contribution in [0.5, 0.6) is 0 Å². The molecule has 1 atom stereocenters. The molecule has 2 aromatic rings. The number of methoxy groups -OCH3 is 1. The molecule has 0 saturated carbocycles. The number of amides is 1. The lowest BCUT2D eigenvalue weighted by atomic mass is 9.98. The first-order chi connectivity index (χ1) is 14.2. The van der Waals surface area contributed by atoms with Crippen molar-refractivity contribution in [1.29, 1.82) is 0 Å². The molecule has 1 aliphatic rings. The minimum Gasteiger partial charge on any atom is -0.467 e. The average Bonchev–Trinajstić information content (AvgIpc) is 3.07. The Kier molecular flexibility index (Phi) is 7.25. The Morgan fingerprint density at radius 2 is 1.62 bits per heavy atom. The van der Waals surface area contributed by atoms with E-state index in [0.717, 1.165) is 30.5 Å². The normalized spacial score (nSPS) is 13.3. The minimum atomic E-state index is -0.701. The summed E-state index contributed by atoms with van der Waals surface area (Å²) in [5, 5.41) is 5.73. The molecule has 0 saturated heterocycles. The highest BCUT2D eigenvalue weighted by Crippen LogP contribution is 2.44. The van der Waals surface area contributed by atoms with Gasteiger partial charge in [-0.3, -0.25) is 0 Å². The van der Waals surface area contributed by atoms with Crippen molar-refractivity contribution in [3.05, 3.63) is 59.7 Å². The molecule has 0 radical (unpaired) electrons. The number of alkyl carbamates (subject to hydrolysis) is 1. The van der Waals surface area contributed by atoms with Gasteiger partial charge in [-0.25, -0.2) is 9.59 Å². The van der Waals surface area contributed by atoms with E-state index in [9.17, 15) is 9.59 Å². The second-order valence-corrected chi connectivity index (χ2v) is 7.14. The third-order valence-corrected chi connectivity index (χ3v) is 5.29. The van der Waals surface area contributed by atoms with Crippen LogP contribution in [0, 0.1) is 0 Å². The van der Waals surface area contributed by atoms with Crippen LogP contribution in [-0.2, 0) is 14.3 Å². The van der Waals surface area contributed by atoms with Crippen LogP contribution in [0.1, 0.15) is 36.3 Å². The highest BCUT2D eigenvalue weighted by Gasteiger charge is 2.29. The van der Waals surface area contributed by atoms with Crippen LogP contribution in [0.4, 0.5) is 4.79 Å². The highest BCUT2D eigenvalue weighted by atomic mass is 16.6. The van der Waals surface area contributed by atoms with Gasteiger partial charge in [0.05, 0.1) is 7.11 Å². The molecule has 1 aliphatic carbocycles. The van der Waals surface area contributed by atoms with Crippen molar-refractivity contribution in [3.63, 3.8) is 0 Å². The van der Waals surface area contributed by atoms with Crippen LogP contribution in [0.15, 0.2) is 48.5 Å². The second kappa shape index (κ2) is 10.1. The molecule has 2 N–H and O–H groups in total. The maximum atomic E-state index is 12.4. The molecule has 6 heteroatoms. The number of unbranched alkanes of at least 4 members (excludes halogenated alkanes) is 1. The fourth-order valence-corrected chi connectivity index (χ4v) is 3.82. The van der Waals surface area contributed by atoms with Gasteiger partial charge >= 0.3 is 12.1 Å². The van der Waals surface area contributed by atoms with Crippen LogP contribution in [0.2, 0.25) is 0 Å². The Morgan fingerprint density at radius 3 is 2.21 bits per heavy atom. The van der Waals surface area contributed by atoms with Gasteiger partial charge in [0, 0.05) is 5.92 Å². The predicted molar refractivity (Wildman–Crippen MR) is 112 cm³/mol. The van der Waals surface area contributed by atoms with E-state index in [0.29, 0.717) is 6.42 Å². The highest BCUT2D eigenvalue weighted by molar-refractivity contribution is 5.82. The number of benzene rings is 2. The van der Waals surface area contributed by atoms with E-state index < -0.39 is 18.1 Å². The first-order valence-corrected chi connectivity index (χ1v) is 9.99. The zero-order valence-electron chi connectivity index (χ0n) is 16.9. The zero-order chi connectivity index (χ0) is 20.6. The fourth-order valence-electron chi connectivity index (χ4n) is 3.82. The van der Waals surface area contributed by atoms with Crippen molar-refractivity contribution in [2.24, 2.45) is 0 Å². The number of esters is 1. The maximum absolute atomic E-state index is 12.4. The van der Waals surface area contributed by atoms with Crippen molar-refractivity contribution in [2.45, 2.75) is 31.2 Å². The molecule has 154 valence electrons. The molecule has 6 nitrogen and oxygen atoms in total. The summed E-state index contributed by atoms with van der Waals surface area (Å²) in [7, 11) is 3.20. The number of nitrogens with one attached hydrogen (secondary N) is 2. The summed E-state index contributed by atoms with van der Waals surface area (Å²) in [5.74, 6) is -0.469. The van der Waals surface area contributed by atoms with Crippen molar-refractivity contribution in [2.75, 3.05) is 27.3 Å². The molecule has 0 bridgehead atoms. The third kappa shape index (κ3) is 4.95. The minimum absolute atomic E-state index is 0.0136. The average molecular weight is 396 g/mol. The molecule has 0 fully saturated rings. The van der Waals surface area contributed by atoms with Crippen LogP contribution < -0.4 is 10.6 Å². The maximum Gasteiger partial charge on any atom is 0.407 e. The number of fused-ring (bicyclic) bond motifs is 3. The molecule has 1 unspecified atom stereocenters. The molecule has 2 aromatic carbocycles. The van der Waals surface area contributed by atoms with Gasteiger partial charge in [0.2, 0.25) is 0 Å². The van der Waals surface area contributed by atoms with E-state index in [-0.39, 0.29) is 12.5 Å². The molecular weight excluding hydrogens is 368 g/mol. The first kappa shape index (κ1) is 20.9. The lowest BCUT2D eigenvalue weighted by Crippen LogP contribution is -2.42. The smallest absolute Gasteiger partial charge is 0.407 e. The van der Waals surface area contributed by atoms with Crippen molar-refractivity contribution in [1.82, 2.24) is 10.6 Å². The summed E-state index contributed by atoms with van der Waals surface area (Å²) >= 11 is 0. The summed E-state index contributed by atoms with van der Waals surface area (Å²) in [6.45, 7) is 1.08. The van der Waals surface area contributed by atoms with E-state index in [1.807, 2.05) is 31.3 Å². The van der Waals surface area contributed by atoms with E-state index in [1.54, 1.807) is 0 Å². The number of carbonyl (C=O) groups is 2. The first-order valence-electron chi connectivity index (χ1n) is 9.99. The van der Waals surface area contributed by atoms with Gasteiger partial charge in [-0.2, -0.15) is 0 Å². The predicted octanol–water partition coefficient (Wildman–Crippen LogP) is 3.46. The molecule has 1 amide bonds. The topological polar surface area (TPSA) is 76.7 Å². The van der Waals surface area contributed by atoms with Crippen LogP contribution in [0.3, 0.4) is 0 Å². The molecule has 0 heterocycles. The summed E-state index contributed by atoms with van der Waals surface area (Å²) in [6, 6.07) is 15.6. The zero-order valence-corrected chi connectivity index (χ0v) is 16.9. The Morgan fingerprint density at radius 1 is 1.00 bits per heavy atom. The van der Waals surface area contributed by atoms with Crippen molar-refractivity contribution >= 4 is 12.1 Å². The summed E-state index contributed by atoms with van der Waals surface area (Å²) in [6.07, 6.45) is 1.62. The number of hydrogen-bond donors (Lipinski definition) is 2. The fraction of sp³-hybridized carbons (Fsp3) is 0.391. The number of ether oxygens (including phenoxy) is 2.